The summed E-state index contributed by atoms with van der Waals surface area (Å²) in [5, 5.41) is 31.2. The summed E-state index contributed by atoms with van der Waals surface area (Å²) in [5.41, 5.74) is 2.22. The van der Waals surface area contributed by atoms with Crippen molar-refractivity contribution < 1.29 is 20.1 Å². The number of hydrogen-bond donors (Lipinski definition) is 3. The minimum atomic E-state index is -1.31. The van der Waals surface area contributed by atoms with Crippen LogP contribution in [0.2, 0.25) is 0 Å². The molecular weight excluding hydrogens is 424 g/mol. The zero-order valence-corrected chi connectivity index (χ0v) is 23.0. The Morgan fingerprint density at radius 2 is 1.59 bits per heavy atom. The molecule has 0 aromatic rings. The highest BCUT2D eigenvalue weighted by atomic mass is 16.4. The average molecular weight is 475 g/mol. The van der Waals surface area contributed by atoms with E-state index < -0.39 is 17.8 Å². The maximum Gasteiger partial charge on any atom is 0.138 e. The first kappa shape index (κ1) is 26.4. The van der Waals surface area contributed by atoms with Gasteiger partial charge < -0.3 is 15.3 Å². The van der Waals surface area contributed by atoms with Crippen LogP contribution in [-0.2, 0) is 4.79 Å². The molecule has 3 N–H and O–H groups in total. The third-order valence-electron chi connectivity index (χ3n) is 12.0. The molecule has 4 nitrogen and oxygen atoms in total. The fourth-order valence-corrected chi connectivity index (χ4v) is 9.70. The second-order valence-corrected chi connectivity index (χ2v) is 14.4. The number of Topliss-reactive ketones (excluding diaryl/α,β-unsaturated/α-hetero) is 1. The predicted octanol–water partition coefficient (Wildman–Crippen LogP) is 5.82. The van der Waals surface area contributed by atoms with Crippen molar-refractivity contribution in [2.45, 2.75) is 131 Å². The third-order valence-corrected chi connectivity index (χ3v) is 12.0. The fraction of sp³-hybridized carbons (Fsp3) is 0.900. The summed E-state index contributed by atoms with van der Waals surface area (Å²) < 4.78 is 0. The lowest BCUT2D eigenvalue weighted by Gasteiger charge is -2.68. The lowest BCUT2D eigenvalue weighted by Crippen LogP contribution is -2.62. The first-order valence-electron chi connectivity index (χ1n) is 13.8. The molecule has 0 saturated heterocycles. The fourth-order valence-electron chi connectivity index (χ4n) is 9.70. The van der Waals surface area contributed by atoms with Crippen molar-refractivity contribution in [2.75, 3.05) is 0 Å². The number of allylic oxidation sites excluding steroid dienone is 2. The van der Waals surface area contributed by atoms with Crippen molar-refractivity contribution in [1.82, 2.24) is 0 Å². The van der Waals surface area contributed by atoms with Crippen molar-refractivity contribution in [2.24, 2.45) is 39.4 Å². The highest BCUT2D eigenvalue weighted by Gasteiger charge is 2.66. The summed E-state index contributed by atoms with van der Waals surface area (Å²) >= 11 is 0. The molecule has 2 unspecified atom stereocenters. The Labute approximate surface area is 207 Å². The Bertz CT molecular complexity index is 866. The monoisotopic (exact) mass is 474 g/mol. The van der Waals surface area contributed by atoms with Gasteiger partial charge in [0, 0.05) is 11.8 Å². The first-order chi connectivity index (χ1) is 15.5. The highest BCUT2D eigenvalue weighted by Crippen LogP contribution is 2.74. The normalized spacial score (nSPS) is 42.5. The number of hydrogen-bond acceptors (Lipinski definition) is 4. The van der Waals surface area contributed by atoms with E-state index in [1.54, 1.807) is 19.4 Å². The third kappa shape index (κ3) is 3.60. The number of aliphatic hydroxyl groups excluding tert-OH is 2. The predicted molar refractivity (Wildman–Crippen MR) is 136 cm³/mol. The number of aliphatic hydroxyl groups is 3. The van der Waals surface area contributed by atoms with Crippen molar-refractivity contribution in [3.05, 3.63) is 11.1 Å². The summed E-state index contributed by atoms with van der Waals surface area (Å²) in [7, 11) is 0. The average Bonchev–Trinajstić information content (AvgIpc) is 3.08. The van der Waals surface area contributed by atoms with Crippen LogP contribution in [0.1, 0.15) is 113 Å². The first-order valence-corrected chi connectivity index (χ1v) is 13.8. The Morgan fingerprint density at radius 3 is 2.21 bits per heavy atom. The van der Waals surface area contributed by atoms with Gasteiger partial charge in [0.25, 0.3) is 0 Å². The van der Waals surface area contributed by atoms with Gasteiger partial charge in [-0.2, -0.15) is 0 Å². The van der Waals surface area contributed by atoms with E-state index in [1.165, 1.54) is 24.8 Å². The SMILES string of the molecule is C[C@H](C[C@H](O)[C@@H](O)C(C)(C)O)C1=C2CCC3[C@@]4(C)CCC(=O)C(C)(C)C4CC[C@]3(C)[C@@]2(C)CC1. The summed E-state index contributed by atoms with van der Waals surface area (Å²) in [6, 6.07) is 0. The van der Waals surface area contributed by atoms with Gasteiger partial charge in [-0.15, -0.1) is 0 Å². The summed E-state index contributed by atoms with van der Waals surface area (Å²) in [6.45, 7) is 17.3. The molecule has 194 valence electrons. The molecule has 3 fully saturated rings. The molecule has 4 rings (SSSR count). The number of fused-ring (bicyclic) bond motifs is 5. The molecule has 4 aliphatic carbocycles. The van der Waals surface area contributed by atoms with Crippen LogP contribution in [0, 0.1) is 39.4 Å². The maximum absolute atomic E-state index is 12.9. The van der Waals surface area contributed by atoms with Gasteiger partial charge >= 0.3 is 0 Å². The Morgan fingerprint density at radius 1 is 0.941 bits per heavy atom. The molecule has 34 heavy (non-hydrogen) atoms. The van der Waals surface area contributed by atoms with Crippen LogP contribution in [0.25, 0.3) is 0 Å². The van der Waals surface area contributed by atoms with E-state index in [2.05, 4.69) is 41.5 Å². The van der Waals surface area contributed by atoms with Crippen LogP contribution in [0.15, 0.2) is 11.1 Å². The van der Waals surface area contributed by atoms with Gasteiger partial charge in [0.2, 0.25) is 0 Å². The van der Waals surface area contributed by atoms with E-state index in [9.17, 15) is 20.1 Å². The zero-order chi connectivity index (χ0) is 25.5. The van der Waals surface area contributed by atoms with Gasteiger partial charge in [0.15, 0.2) is 0 Å². The molecule has 4 aliphatic rings. The number of carbonyl (C=O) groups is 1. The van der Waals surface area contributed by atoms with Crippen LogP contribution in [-0.4, -0.2) is 38.9 Å². The quantitative estimate of drug-likeness (QED) is 0.439. The molecule has 0 spiro atoms. The van der Waals surface area contributed by atoms with Gasteiger partial charge in [-0.1, -0.05) is 52.7 Å². The maximum atomic E-state index is 12.9. The van der Waals surface area contributed by atoms with Crippen LogP contribution in [0.3, 0.4) is 0 Å². The lowest BCUT2D eigenvalue weighted by atomic mass is 9.36. The largest absolute Gasteiger partial charge is 0.390 e. The Kier molecular flexibility index (Phi) is 6.32. The van der Waals surface area contributed by atoms with Crippen LogP contribution >= 0.6 is 0 Å². The summed E-state index contributed by atoms with van der Waals surface area (Å²) in [4.78, 5) is 12.9. The van der Waals surface area contributed by atoms with Crippen molar-refractivity contribution in [1.29, 1.82) is 0 Å². The van der Waals surface area contributed by atoms with E-state index in [0.717, 1.165) is 32.1 Å². The molecular formula is C30H50O4. The minimum Gasteiger partial charge on any atom is -0.390 e. The second kappa shape index (κ2) is 8.15. The molecule has 8 atom stereocenters. The summed E-state index contributed by atoms with van der Waals surface area (Å²) in [6.07, 6.45) is 7.08. The second-order valence-electron chi connectivity index (χ2n) is 14.4. The zero-order valence-electron chi connectivity index (χ0n) is 23.0. The van der Waals surface area contributed by atoms with Crippen LogP contribution < -0.4 is 0 Å². The van der Waals surface area contributed by atoms with Gasteiger partial charge in [0.05, 0.1) is 11.7 Å². The standard InChI is InChI=1S/C30H50O4/c1-18(17-21(31)25(33)27(4,5)34)19-11-15-29(7)20(19)9-10-23-28(6)14-13-24(32)26(2,3)22(28)12-16-30(23,29)8/h18,21-23,25,31,33-34H,9-17H2,1-8H3/t18-,21+,22?,23?,25-,28+,29+,30+/m1/s1. The molecule has 0 aliphatic heterocycles. The van der Waals surface area contributed by atoms with Crippen molar-refractivity contribution >= 4 is 5.78 Å². The molecule has 4 heteroatoms. The number of carbonyl (C=O) groups excluding carboxylic acids is 1. The topological polar surface area (TPSA) is 77.8 Å². The van der Waals surface area contributed by atoms with Crippen LogP contribution in [0.4, 0.5) is 0 Å². The number of rotatable bonds is 5. The molecule has 0 radical (unpaired) electrons. The highest BCUT2D eigenvalue weighted by molar-refractivity contribution is 5.85. The minimum absolute atomic E-state index is 0.166. The summed E-state index contributed by atoms with van der Waals surface area (Å²) in [5.74, 6) is 1.77. The van der Waals surface area contributed by atoms with Gasteiger partial charge in [0.1, 0.15) is 11.9 Å². The van der Waals surface area contributed by atoms with E-state index in [0.29, 0.717) is 24.0 Å². The van der Waals surface area contributed by atoms with E-state index in [1.807, 2.05) is 0 Å². The van der Waals surface area contributed by atoms with E-state index in [-0.39, 0.29) is 27.6 Å². The Balaban J connectivity index is 1.63. The van der Waals surface area contributed by atoms with Crippen LogP contribution in [0.5, 0.6) is 0 Å². The smallest absolute Gasteiger partial charge is 0.138 e. The van der Waals surface area contributed by atoms with Crippen molar-refractivity contribution in [3.63, 3.8) is 0 Å². The molecule has 0 amide bonds. The lowest BCUT2D eigenvalue weighted by molar-refractivity contribution is -0.180. The Hall–Kier alpha value is -0.710. The van der Waals surface area contributed by atoms with E-state index >= 15 is 0 Å². The molecule has 0 aromatic heterocycles. The van der Waals surface area contributed by atoms with E-state index in [4.69, 9.17) is 0 Å². The van der Waals surface area contributed by atoms with Gasteiger partial charge in [-0.25, -0.2) is 0 Å². The molecule has 0 heterocycles. The molecule has 0 aromatic carbocycles. The number of ketones is 1. The molecule has 0 bridgehead atoms. The molecule has 3 saturated carbocycles. The van der Waals surface area contributed by atoms with Gasteiger partial charge in [-0.3, -0.25) is 4.79 Å². The van der Waals surface area contributed by atoms with Gasteiger partial charge in [-0.05, 0) is 99.2 Å². The van der Waals surface area contributed by atoms with Crippen molar-refractivity contribution in [3.8, 4) is 0 Å².